The van der Waals surface area contributed by atoms with Crippen LogP contribution in [0.15, 0.2) is 30.3 Å². The van der Waals surface area contributed by atoms with Crippen LogP contribution in [0, 0.1) is 6.92 Å². The number of nitrogens with zero attached hydrogens (tertiary/aromatic N) is 3. The van der Waals surface area contributed by atoms with Crippen molar-refractivity contribution in [2.45, 2.75) is 45.7 Å². The normalized spacial score (nSPS) is 18.2. The van der Waals surface area contributed by atoms with Crippen molar-refractivity contribution in [2.75, 3.05) is 6.54 Å². The van der Waals surface area contributed by atoms with E-state index < -0.39 is 0 Å². The van der Waals surface area contributed by atoms with E-state index >= 15 is 0 Å². The first-order valence-electron chi connectivity index (χ1n) is 8.15. The molecule has 1 aromatic carbocycles. The summed E-state index contributed by atoms with van der Waals surface area (Å²) < 4.78 is 1.72. The molecule has 0 N–H and O–H groups in total. The van der Waals surface area contributed by atoms with Gasteiger partial charge in [0.2, 0.25) is 0 Å². The predicted octanol–water partition coefficient (Wildman–Crippen LogP) is 3.91. The van der Waals surface area contributed by atoms with E-state index in [1.165, 1.54) is 6.42 Å². The first-order chi connectivity index (χ1) is 11.1. The van der Waals surface area contributed by atoms with E-state index in [1.54, 1.807) is 4.68 Å². The number of aryl methyl sites for hydroxylation is 1. The van der Waals surface area contributed by atoms with Gasteiger partial charge in [0.05, 0.1) is 17.8 Å². The molecule has 1 aliphatic heterocycles. The number of hydrogen-bond acceptors (Lipinski definition) is 2. The minimum Gasteiger partial charge on any atom is -0.336 e. The third-order valence-corrected chi connectivity index (χ3v) is 4.90. The molecule has 0 saturated carbocycles. The molecule has 2 aromatic rings. The topological polar surface area (TPSA) is 38.1 Å². The molecule has 5 heteroatoms. The molecule has 0 aliphatic carbocycles. The lowest BCUT2D eigenvalue weighted by Crippen LogP contribution is -2.42. The van der Waals surface area contributed by atoms with Crippen molar-refractivity contribution >= 4 is 17.5 Å². The summed E-state index contributed by atoms with van der Waals surface area (Å²) in [4.78, 5) is 14.8. The molecule has 0 spiro atoms. The van der Waals surface area contributed by atoms with Gasteiger partial charge < -0.3 is 4.90 Å². The van der Waals surface area contributed by atoms with Crippen molar-refractivity contribution in [3.63, 3.8) is 0 Å². The smallest absolute Gasteiger partial charge is 0.259 e. The number of carbonyl (C=O) groups is 1. The maximum atomic E-state index is 12.9. The van der Waals surface area contributed by atoms with Gasteiger partial charge in [-0.15, -0.1) is 0 Å². The van der Waals surface area contributed by atoms with Crippen molar-refractivity contribution in [3.05, 3.63) is 52.3 Å². The zero-order chi connectivity index (χ0) is 16.4. The van der Waals surface area contributed by atoms with Crippen molar-refractivity contribution in [1.29, 1.82) is 0 Å². The van der Waals surface area contributed by atoms with Crippen LogP contribution in [-0.2, 0) is 6.54 Å². The largest absolute Gasteiger partial charge is 0.336 e. The number of benzene rings is 1. The molecule has 1 fully saturated rings. The lowest BCUT2D eigenvalue weighted by molar-refractivity contribution is 0.0635. The molecule has 23 heavy (non-hydrogen) atoms. The zero-order valence-electron chi connectivity index (χ0n) is 13.6. The molecular formula is C18H22ClN3O. The summed E-state index contributed by atoms with van der Waals surface area (Å²) in [5.74, 6) is 0.0130. The van der Waals surface area contributed by atoms with Gasteiger partial charge in [-0.25, -0.2) is 4.68 Å². The van der Waals surface area contributed by atoms with Gasteiger partial charge in [-0.1, -0.05) is 41.9 Å². The Bertz CT molecular complexity index is 696. The average Bonchev–Trinajstić information content (AvgIpc) is 2.82. The molecule has 2 heterocycles. The Hall–Kier alpha value is -1.81. The number of halogens is 1. The lowest BCUT2D eigenvalue weighted by atomic mass is 10.0. The third-order valence-electron chi connectivity index (χ3n) is 4.52. The number of aromatic nitrogens is 2. The highest BCUT2D eigenvalue weighted by Crippen LogP contribution is 2.26. The molecule has 1 unspecified atom stereocenters. The zero-order valence-corrected chi connectivity index (χ0v) is 14.4. The van der Waals surface area contributed by atoms with Crippen LogP contribution in [0.3, 0.4) is 0 Å². The fourth-order valence-electron chi connectivity index (χ4n) is 3.20. The first-order valence-corrected chi connectivity index (χ1v) is 8.53. The summed E-state index contributed by atoms with van der Waals surface area (Å²) in [6.45, 7) is 5.34. The molecule has 1 saturated heterocycles. The van der Waals surface area contributed by atoms with E-state index in [-0.39, 0.29) is 11.9 Å². The van der Waals surface area contributed by atoms with Crippen LogP contribution < -0.4 is 0 Å². The SMILES string of the molecule is Cc1nn(Cc2ccccc2)c(Cl)c1C(=O)N1CCCCC1C. The van der Waals surface area contributed by atoms with Crippen molar-refractivity contribution in [2.24, 2.45) is 0 Å². The van der Waals surface area contributed by atoms with E-state index in [9.17, 15) is 4.79 Å². The minimum atomic E-state index is 0.0130. The van der Waals surface area contributed by atoms with Gasteiger partial charge in [0.15, 0.2) is 0 Å². The summed E-state index contributed by atoms with van der Waals surface area (Å²) in [6.07, 6.45) is 3.30. The van der Waals surface area contributed by atoms with Crippen LogP contribution in [0.5, 0.6) is 0 Å². The molecule has 122 valence electrons. The maximum Gasteiger partial charge on any atom is 0.259 e. The quantitative estimate of drug-likeness (QED) is 0.855. The van der Waals surface area contributed by atoms with Crippen LogP contribution in [0.2, 0.25) is 5.15 Å². The molecule has 1 aromatic heterocycles. The molecule has 1 amide bonds. The van der Waals surface area contributed by atoms with E-state index in [2.05, 4.69) is 12.0 Å². The molecule has 1 aliphatic rings. The van der Waals surface area contributed by atoms with E-state index in [4.69, 9.17) is 11.6 Å². The number of hydrogen-bond donors (Lipinski definition) is 0. The molecule has 3 rings (SSSR count). The fraction of sp³-hybridized carbons (Fsp3) is 0.444. The van der Waals surface area contributed by atoms with Gasteiger partial charge in [0.25, 0.3) is 5.91 Å². The number of amides is 1. The number of carbonyl (C=O) groups excluding carboxylic acids is 1. The van der Waals surface area contributed by atoms with Gasteiger partial charge in [0.1, 0.15) is 5.15 Å². The second-order valence-corrected chi connectivity index (χ2v) is 6.60. The van der Waals surface area contributed by atoms with E-state index in [1.807, 2.05) is 42.2 Å². The summed E-state index contributed by atoms with van der Waals surface area (Å²) in [7, 11) is 0. The fourth-order valence-corrected chi connectivity index (χ4v) is 3.52. The lowest BCUT2D eigenvalue weighted by Gasteiger charge is -2.33. The third kappa shape index (κ3) is 3.27. The second kappa shape index (κ2) is 6.75. The molecule has 0 radical (unpaired) electrons. The number of rotatable bonds is 3. The predicted molar refractivity (Wildman–Crippen MR) is 91.9 cm³/mol. The van der Waals surface area contributed by atoms with Crippen molar-refractivity contribution in [3.8, 4) is 0 Å². The monoisotopic (exact) mass is 331 g/mol. The van der Waals surface area contributed by atoms with Gasteiger partial charge in [-0.05, 0) is 38.7 Å². The summed E-state index contributed by atoms with van der Waals surface area (Å²) in [5.41, 5.74) is 2.37. The van der Waals surface area contributed by atoms with Gasteiger partial charge in [-0.2, -0.15) is 5.10 Å². The molecule has 0 bridgehead atoms. The van der Waals surface area contributed by atoms with E-state index in [0.29, 0.717) is 23.0 Å². The molecule has 4 nitrogen and oxygen atoms in total. The van der Waals surface area contributed by atoms with Gasteiger partial charge in [-0.3, -0.25) is 4.79 Å². The summed E-state index contributed by atoms with van der Waals surface area (Å²) in [5, 5.41) is 4.92. The first kappa shape index (κ1) is 16.1. The standard InChI is InChI=1S/C18H22ClN3O/c1-13-8-6-7-11-21(13)18(23)16-14(2)20-22(17(16)19)12-15-9-4-3-5-10-15/h3-5,9-10,13H,6-8,11-12H2,1-2H3. The number of piperidine rings is 1. The maximum absolute atomic E-state index is 12.9. The van der Waals surface area contributed by atoms with Crippen LogP contribution in [-0.4, -0.2) is 33.2 Å². The Kier molecular flexibility index (Phi) is 4.71. The van der Waals surface area contributed by atoms with E-state index in [0.717, 1.165) is 24.9 Å². The Labute approximate surface area is 142 Å². The highest BCUT2D eigenvalue weighted by molar-refractivity contribution is 6.33. The Balaban J connectivity index is 1.87. The second-order valence-electron chi connectivity index (χ2n) is 6.24. The van der Waals surface area contributed by atoms with Gasteiger partial charge >= 0.3 is 0 Å². The minimum absolute atomic E-state index is 0.0130. The van der Waals surface area contributed by atoms with Crippen molar-refractivity contribution < 1.29 is 4.79 Å². The van der Waals surface area contributed by atoms with Crippen molar-refractivity contribution in [1.82, 2.24) is 14.7 Å². The molecular weight excluding hydrogens is 310 g/mol. The van der Waals surface area contributed by atoms with Crippen LogP contribution in [0.1, 0.15) is 47.8 Å². The summed E-state index contributed by atoms with van der Waals surface area (Å²) >= 11 is 6.49. The molecule has 1 atom stereocenters. The Morgan fingerprint density at radius 3 is 2.74 bits per heavy atom. The van der Waals surface area contributed by atoms with Crippen LogP contribution in [0.4, 0.5) is 0 Å². The number of likely N-dealkylation sites (tertiary alicyclic amines) is 1. The van der Waals surface area contributed by atoms with Crippen LogP contribution >= 0.6 is 11.6 Å². The average molecular weight is 332 g/mol. The highest BCUT2D eigenvalue weighted by atomic mass is 35.5. The Morgan fingerprint density at radius 2 is 2.04 bits per heavy atom. The highest BCUT2D eigenvalue weighted by Gasteiger charge is 2.29. The Morgan fingerprint density at radius 1 is 1.30 bits per heavy atom. The van der Waals surface area contributed by atoms with Crippen LogP contribution in [0.25, 0.3) is 0 Å². The van der Waals surface area contributed by atoms with Gasteiger partial charge in [0, 0.05) is 12.6 Å². The summed E-state index contributed by atoms with van der Waals surface area (Å²) in [6, 6.07) is 10.3.